The normalized spacial score (nSPS) is 17.1. The van der Waals surface area contributed by atoms with E-state index in [1.807, 2.05) is 18.7 Å². The standard InChI is InChI=1S/C10H23NOS/c1-8(6-12)11-9(2)7-13-10(3,4)5/h8-9,11-12H,6-7H2,1-5H3/t8-,9?/m1/s1. The predicted molar refractivity (Wildman–Crippen MR) is 61.4 cm³/mol. The van der Waals surface area contributed by atoms with Crippen LogP contribution in [0.1, 0.15) is 34.6 Å². The van der Waals surface area contributed by atoms with Gasteiger partial charge in [-0.2, -0.15) is 11.8 Å². The van der Waals surface area contributed by atoms with Gasteiger partial charge in [0.15, 0.2) is 0 Å². The van der Waals surface area contributed by atoms with Crippen LogP contribution in [0, 0.1) is 0 Å². The van der Waals surface area contributed by atoms with Gasteiger partial charge in [0.05, 0.1) is 6.61 Å². The number of aliphatic hydroxyl groups excluding tert-OH is 1. The zero-order chi connectivity index (χ0) is 10.5. The predicted octanol–water partition coefficient (Wildman–Crippen LogP) is 1.88. The minimum atomic E-state index is 0.204. The lowest BCUT2D eigenvalue weighted by Gasteiger charge is -2.23. The number of hydrogen-bond acceptors (Lipinski definition) is 3. The van der Waals surface area contributed by atoms with Crippen molar-refractivity contribution in [2.75, 3.05) is 12.4 Å². The maximum absolute atomic E-state index is 8.84. The second-order valence-electron chi connectivity index (χ2n) is 4.57. The molecule has 0 spiro atoms. The van der Waals surface area contributed by atoms with Gasteiger partial charge in [0, 0.05) is 22.6 Å². The van der Waals surface area contributed by atoms with E-state index < -0.39 is 0 Å². The van der Waals surface area contributed by atoms with E-state index in [1.54, 1.807) is 0 Å². The van der Waals surface area contributed by atoms with Gasteiger partial charge in [-0.1, -0.05) is 20.8 Å². The lowest BCUT2D eigenvalue weighted by atomic mass is 10.3. The number of aliphatic hydroxyl groups is 1. The number of rotatable bonds is 5. The minimum absolute atomic E-state index is 0.204. The average Bonchev–Trinajstić information content (AvgIpc) is 1.99. The van der Waals surface area contributed by atoms with Gasteiger partial charge in [-0.15, -0.1) is 0 Å². The molecule has 0 aromatic rings. The van der Waals surface area contributed by atoms with E-state index >= 15 is 0 Å². The Kier molecular flexibility index (Phi) is 6.01. The molecule has 1 unspecified atom stereocenters. The van der Waals surface area contributed by atoms with Crippen LogP contribution in [0.3, 0.4) is 0 Å². The molecule has 0 fully saturated rings. The topological polar surface area (TPSA) is 32.3 Å². The van der Waals surface area contributed by atoms with Crippen molar-refractivity contribution in [3.63, 3.8) is 0 Å². The molecule has 2 nitrogen and oxygen atoms in total. The fraction of sp³-hybridized carbons (Fsp3) is 1.00. The SMILES string of the molecule is CC(CSC(C)(C)C)N[C@H](C)CO. The number of thioether (sulfide) groups is 1. The molecule has 2 atom stereocenters. The molecule has 2 N–H and O–H groups in total. The fourth-order valence-electron chi connectivity index (χ4n) is 0.962. The van der Waals surface area contributed by atoms with Crippen LogP contribution < -0.4 is 5.32 Å². The quantitative estimate of drug-likeness (QED) is 0.719. The van der Waals surface area contributed by atoms with Crippen LogP contribution in [-0.2, 0) is 0 Å². The molecule has 0 aromatic carbocycles. The van der Waals surface area contributed by atoms with E-state index in [9.17, 15) is 0 Å². The van der Waals surface area contributed by atoms with Crippen molar-refractivity contribution in [3.05, 3.63) is 0 Å². The van der Waals surface area contributed by atoms with Gasteiger partial charge in [0.2, 0.25) is 0 Å². The van der Waals surface area contributed by atoms with Crippen molar-refractivity contribution in [2.45, 2.75) is 51.4 Å². The van der Waals surface area contributed by atoms with Crippen LogP contribution in [0.5, 0.6) is 0 Å². The smallest absolute Gasteiger partial charge is 0.0582 e. The zero-order valence-corrected chi connectivity index (χ0v) is 10.2. The van der Waals surface area contributed by atoms with Crippen LogP contribution >= 0.6 is 11.8 Å². The highest BCUT2D eigenvalue weighted by molar-refractivity contribution is 8.00. The Labute approximate surface area is 86.5 Å². The van der Waals surface area contributed by atoms with Crippen LogP contribution in [0.25, 0.3) is 0 Å². The molecule has 0 amide bonds. The van der Waals surface area contributed by atoms with Gasteiger partial charge >= 0.3 is 0 Å². The van der Waals surface area contributed by atoms with Crippen molar-refractivity contribution in [3.8, 4) is 0 Å². The first-order valence-corrected chi connectivity index (χ1v) is 5.84. The Bertz CT molecular complexity index is 133. The summed E-state index contributed by atoms with van der Waals surface area (Å²) in [6.45, 7) is 11.0. The van der Waals surface area contributed by atoms with Crippen LogP contribution in [0.2, 0.25) is 0 Å². The molecule has 0 aromatic heterocycles. The molecule has 0 heterocycles. The first kappa shape index (κ1) is 13.3. The van der Waals surface area contributed by atoms with E-state index in [0.717, 1.165) is 5.75 Å². The van der Waals surface area contributed by atoms with Gasteiger partial charge in [0.25, 0.3) is 0 Å². The molecular weight excluding hydrogens is 182 g/mol. The summed E-state index contributed by atoms with van der Waals surface area (Å²) in [5.41, 5.74) is 0. The molecule has 0 saturated heterocycles. The Morgan fingerprint density at radius 2 is 1.77 bits per heavy atom. The minimum Gasteiger partial charge on any atom is -0.395 e. The molecular formula is C10H23NOS. The third-order valence-electron chi connectivity index (χ3n) is 1.61. The van der Waals surface area contributed by atoms with Crippen LogP contribution in [-0.4, -0.2) is 34.3 Å². The molecule has 13 heavy (non-hydrogen) atoms. The molecule has 0 bridgehead atoms. The zero-order valence-electron chi connectivity index (χ0n) is 9.42. The molecule has 80 valence electrons. The molecule has 0 aliphatic rings. The van der Waals surface area contributed by atoms with Crippen LogP contribution in [0.4, 0.5) is 0 Å². The molecule has 0 aliphatic carbocycles. The van der Waals surface area contributed by atoms with Crippen molar-refractivity contribution >= 4 is 11.8 Å². The van der Waals surface area contributed by atoms with E-state index in [4.69, 9.17) is 5.11 Å². The Balaban J connectivity index is 3.57. The highest BCUT2D eigenvalue weighted by Crippen LogP contribution is 2.23. The highest BCUT2D eigenvalue weighted by Gasteiger charge is 2.13. The van der Waals surface area contributed by atoms with E-state index in [1.165, 1.54) is 0 Å². The maximum Gasteiger partial charge on any atom is 0.0582 e. The summed E-state index contributed by atoms with van der Waals surface area (Å²) in [5.74, 6) is 1.09. The van der Waals surface area contributed by atoms with E-state index in [2.05, 4.69) is 33.0 Å². The molecule has 0 saturated carbocycles. The van der Waals surface area contributed by atoms with Gasteiger partial charge in [-0.05, 0) is 13.8 Å². The van der Waals surface area contributed by atoms with Gasteiger partial charge in [-0.25, -0.2) is 0 Å². The molecule has 0 radical (unpaired) electrons. The van der Waals surface area contributed by atoms with Gasteiger partial charge in [-0.3, -0.25) is 0 Å². The van der Waals surface area contributed by atoms with Gasteiger partial charge in [0.1, 0.15) is 0 Å². The average molecular weight is 205 g/mol. The Morgan fingerprint density at radius 3 is 2.15 bits per heavy atom. The summed E-state index contributed by atoms with van der Waals surface area (Å²) in [4.78, 5) is 0. The second-order valence-corrected chi connectivity index (χ2v) is 6.42. The first-order valence-electron chi connectivity index (χ1n) is 4.86. The second kappa shape index (κ2) is 5.89. The van der Waals surface area contributed by atoms with Crippen molar-refractivity contribution in [1.29, 1.82) is 0 Å². The number of hydrogen-bond donors (Lipinski definition) is 2. The van der Waals surface area contributed by atoms with E-state index in [-0.39, 0.29) is 12.6 Å². The van der Waals surface area contributed by atoms with Crippen LogP contribution in [0.15, 0.2) is 0 Å². The van der Waals surface area contributed by atoms with Crippen molar-refractivity contribution < 1.29 is 5.11 Å². The third-order valence-corrected chi connectivity index (χ3v) is 3.14. The van der Waals surface area contributed by atoms with Gasteiger partial charge < -0.3 is 10.4 Å². The molecule has 0 rings (SSSR count). The first-order chi connectivity index (χ1) is 5.85. The molecule has 0 aliphatic heterocycles. The fourth-order valence-corrected chi connectivity index (χ4v) is 1.81. The number of nitrogens with one attached hydrogen (secondary N) is 1. The summed E-state index contributed by atoms with van der Waals surface area (Å²) in [5, 5.41) is 12.2. The summed E-state index contributed by atoms with van der Waals surface area (Å²) >= 11 is 1.95. The lowest BCUT2D eigenvalue weighted by molar-refractivity contribution is 0.245. The lowest BCUT2D eigenvalue weighted by Crippen LogP contribution is -2.38. The van der Waals surface area contributed by atoms with E-state index in [0.29, 0.717) is 10.8 Å². The Hall–Kier alpha value is 0.270. The summed E-state index contributed by atoms with van der Waals surface area (Å²) in [6, 6.07) is 0.668. The third kappa shape index (κ3) is 8.60. The molecule has 3 heteroatoms. The monoisotopic (exact) mass is 205 g/mol. The summed E-state index contributed by atoms with van der Waals surface area (Å²) in [7, 11) is 0. The largest absolute Gasteiger partial charge is 0.395 e. The van der Waals surface area contributed by atoms with Crippen molar-refractivity contribution in [1.82, 2.24) is 5.32 Å². The summed E-state index contributed by atoms with van der Waals surface area (Å²) < 4.78 is 0.332. The van der Waals surface area contributed by atoms with Crippen molar-refractivity contribution in [2.24, 2.45) is 0 Å². The summed E-state index contributed by atoms with van der Waals surface area (Å²) in [6.07, 6.45) is 0. The maximum atomic E-state index is 8.84. The highest BCUT2D eigenvalue weighted by atomic mass is 32.2. The Morgan fingerprint density at radius 1 is 1.23 bits per heavy atom.